The summed E-state index contributed by atoms with van der Waals surface area (Å²) < 4.78 is 1.05. The van der Waals surface area contributed by atoms with Crippen molar-refractivity contribution in [3.63, 3.8) is 0 Å². The molecular formula is C14H18BrNO. The van der Waals surface area contributed by atoms with Crippen molar-refractivity contribution in [1.82, 2.24) is 0 Å². The molecule has 1 aliphatic carbocycles. The average Bonchev–Trinajstić information content (AvgIpc) is 2.89. The lowest BCUT2D eigenvalue weighted by molar-refractivity contribution is 0.282. The van der Waals surface area contributed by atoms with E-state index in [1.54, 1.807) is 0 Å². The number of nitrogens with zero attached hydrogens (tertiary/aromatic N) is 1. The number of benzene rings is 1. The molecule has 0 radical (unpaired) electrons. The Morgan fingerprint density at radius 2 is 1.94 bits per heavy atom. The van der Waals surface area contributed by atoms with E-state index in [1.165, 1.54) is 38.0 Å². The maximum absolute atomic E-state index is 9.46. The summed E-state index contributed by atoms with van der Waals surface area (Å²) in [6.07, 6.45) is 4.20. The van der Waals surface area contributed by atoms with Crippen molar-refractivity contribution in [2.75, 3.05) is 18.0 Å². The summed E-state index contributed by atoms with van der Waals surface area (Å²) in [7, 11) is 0. The Hall–Kier alpha value is -0.540. The third-order valence-corrected chi connectivity index (χ3v) is 4.77. The van der Waals surface area contributed by atoms with Crippen LogP contribution in [-0.4, -0.2) is 18.2 Å². The molecule has 1 saturated heterocycles. The van der Waals surface area contributed by atoms with Crippen LogP contribution in [0.1, 0.15) is 24.8 Å². The molecule has 1 aromatic rings. The van der Waals surface area contributed by atoms with Crippen molar-refractivity contribution in [1.29, 1.82) is 0 Å². The SMILES string of the molecule is OCc1cc(Br)ccc1N1CC2CCCC2C1. The van der Waals surface area contributed by atoms with E-state index in [0.717, 1.165) is 21.9 Å². The Balaban J connectivity index is 1.85. The molecule has 92 valence electrons. The number of hydrogen-bond acceptors (Lipinski definition) is 2. The van der Waals surface area contributed by atoms with Crippen LogP contribution in [0.25, 0.3) is 0 Å². The van der Waals surface area contributed by atoms with Crippen LogP contribution in [0.15, 0.2) is 22.7 Å². The van der Waals surface area contributed by atoms with Gasteiger partial charge < -0.3 is 10.0 Å². The zero-order chi connectivity index (χ0) is 11.8. The zero-order valence-electron chi connectivity index (χ0n) is 9.90. The van der Waals surface area contributed by atoms with Crippen LogP contribution in [0.2, 0.25) is 0 Å². The highest BCUT2D eigenvalue weighted by molar-refractivity contribution is 9.10. The molecule has 3 rings (SSSR count). The lowest BCUT2D eigenvalue weighted by Crippen LogP contribution is -2.22. The topological polar surface area (TPSA) is 23.5 Å². The molecule has 1 heterocycles. The van der Waals surface area contributed by atoms with Gasteiger partial charge in [-0.05, 0) is 42.9 Å². The summed E-state index contributed by atoms with van der Waals surface area (Å²) in [5.41, 5.74) is 2.27. The summed E-state index contributed by atoms with van der Waals surface area (Å²) in [6.45, 7) is 2.49. The van der Waals surface area contributed by atoms with Gasteiger partial charge in [-0.3, -0.25) is 0 Å². The van der Waals surface area contributed by atoms with Gasteiger partial charge in [0.15, 0.2) is 0 Å². The number of halogens is 1. The predicted octanol–water partition coefficient (Wildman–Crippen LogP) is 3.18. The van der Waals surface area contributed by atoms with Crippen molar-refractivity contribution >= 4 is 21.6 Å². The third kappa shape index (κ3) is 2.11. The molecule has 3 heteroatoms. The minimum Gasteiger partial charge on any atom is -0.392 e. The molecule has 2 unspecified atom stereocenters. The Bertz CT molecular complexity index is 409. The van der Waals surface area contributed by atoms with Gasteiger partial charge in [0, 0.05) is 28.8 Å². The molecule has 0 amide bonds. The zero-order valence-corrected chi connectivity index (χ0v) is 11.5. The van der Waals surface area contributed by atoms with Gasteiger partial charge in [0.25, 0.3) is 0 Å². The predicted molar refractivity (Wildman–Crippen MR) is 73.1 cm³/mol. The number of aliphatic hydroxyl groups excluding tert-OH is 1. The Kier molecular flexibility index (Phi) is 3.14. The van der Waals surface area contributed by atoms with E-state index in [-0.39, 0.29) is 6.61 Å². The minimum absolute atomic E-state index is 0.126. The molecular weight excluding hydrogens is 278 g/mol. The molecule has 17 heavy (non-hydrogen) atoms. The van der Waals surface area contributed by atoms with Crippen molar-refractivity contribution < 1.29 is 5.11 Å². The molecule has 1 aromatic carbocycles. The van der Waals surface area contributed by atoms with Gasteiger partial charge in [0.2, 0.25) is 0 Å². The summed E-state index contributed by atoms with van der Waals surface area (Å²) in [4.78, 5) is 2.46. The summed E-state index contributed by atoms with van der Waals surface area (Å²) >= 11 is 3.46. The Labute approximate surface area is 111 Å². The van der Waals surface area contributed by atoms with E-state index in [9.17, 15) is 5.11 Å². The van der Waals surface area contributed by atoms with Gasteiger partial charge in [0.1, 0.15) is 0 Å². The van der Waals surface area contributed by atoms with Crippen LogP contribution in [0.4, 0.5) is 5.69 Å². The molecule has 2 nitrogen and oxygen atoms in total. The fraction of sp³-hybridized carbons (Fsp3) is 0.571. The number of rotatable bonds is 2. The maximum atomic E-state index is 9.46. The van der Waals surface area contributed by atoms with Gasteiger partial charge in [-0.2, -0.15) is 0 Å². The largest absolute Gasteiger partial charge is 0.392 e. The van der Waals surface area contributed by atoms with Gasteiger partial charge in [-0.1, -0.05) is 22.4 Å². The highest BCUT2D eigenvalue weighted by Gasteiger charge is 2.36. The maximum Gasteiger partial charge on any atom is 0.0702 e. The van der Waals surface area contributed by atoms with Crippen molar-refractivity contribution in [2.45, 2.75) is 25.9 Å². The van der Waals surface area contributed by atoms with Gasteiger partial charge >= 0.3 is 0 Å². The van der Waals surface area contributed by atoms with E-state index < -0.39 is 0 Å². The minimum atomic E-state index is 0.126. The number of anilines is 1. The highest BCUT2D eigenvalue weighted by Crippen LogP contribution is 2.40. The van der Waals surface area contributed by atoms with E-state index >= 15 is 0 Å². The summed E-state index contributed by atoms with van der Waals surface area (Å²) in [5.74, 6) is 1.79. The first kappa shape index (κ1) is 11.5. The fourth-order valence-corrected chi connectivity index (χ4v) is 3.83. The molecule has 2 atom stereocenters. The molecule has 0 bridgehead atoms. The van der Waals surface area contributed by atoms with Crippen molar-refractivity contribution in [3.8, 4) is 0 Å². The third-order valence-electron chi connectivity index (χ3n) is 4.28. The van der Waals surface area contributed by atoms with Gasteiger partial charge in [0.05, 0.1) is 6.61 Å². The number of hydrogen-bond donors (Lipinski definition) is 1. The van der Waals surface area contributed by atoms with E-state index in [2.05, 4.69) is 33.0 Å². The standard InChI is InChI=1S/C14H18BrNO/c15-13-4-5-14(12(6-13)9-17)16-7-10-2-1-3-11(10)8-16/h4-6,10-11,17H,1-3,7-9H2. The molecule has 1 aliphatic heterocycles. The van der Waals surface area contributed by atoms with Crippen LogP contribution >= 0.6 is 15.9 Å². The van der Waals surface area contributed by atoms with Crippen LogP contribution in [0.5, 0.6) is 0 Å². The quantitative estimate of drug-likeness (QED) is 0.906. The second-order valence-electron chi connectivity index (χ2n) is 5.29. The molecule has 0 spiro atoms. The van der Waals surface area contributed by atoms with E-state index in [0.29, 0.717) is 0 Å². The summed E-state index contributed by atoms with van der Waals surface area (Å²) in [5, 5.41) is 9.46. The number of fused-ring (bicyclic) bond motifs is 1. The summed E-state index contributed by atoms with van der Waals surface area (Å²) in [6, 6.07) is 6.24. The van der Waals surface area contributed by atoms with Gasteiger partial charge in [-0.25, -0.2) is 0 Å². The molecule has 0 aromatic heterocycles. The van der Waals surface area contributed by atoms with Crippen LogP contribution < -0.4 is 4.90 Å². The Morgan fingerprint density at radius 3 is 2.59 bits per heavy atom. The molecule has 1 saturated carbocycles. The Morgan fingerprint density at radius 1 is 1.24 bits per heavy atom. The monoisotopic (exact) mass is 295 g/mol. The second-order valence-corrected chi connectivity index (χ2v) is 6.20. The first-order valence-electron chi connectivity index (χ1n) is 6.42. The molecule has 2 aliphatic rings. The fourth-order valence-electron chi connectivity index (χ4n) is 3.42. The van der Waals surface area contributed by atoms with Crippen LogP contribution in [-0.2, 0) is 6.61 Å². The molecule has 2 fully saturated rings. The average molecular weight is 296 g/mol. The normalized spacial score (nSPS) is 27.5. The van der Waals surface area contributed by atoms with Gasteiger partial charge in [-0.15, -0.1) is 0 Å². The first-order valence-corrected chi connectivity index (χ1v) is 7.21. The van der Waals surface area contributed by atoms with Crippen molar-refractivity contribution in [2.24, 2.45) is 11.8 Å². The number of aliphatic hydroxyl groups is 1. The van der Waals surface area contributed by atoms with Crippen LogP contribution in [0.3, 0.4) is 0 Å². The first-order chi connectivity index (χ1) is 8.28. The van der Waals surface area contributed by atoms with E-state index in [4.69, 9.17) is 0 Å². The second kappa shape index (κ2) is 4.62. The van der Waals surface area contributed by atoms with Crippen molar-refractivity contribution in [3.05, 3.63) is 28.2 Å². The van der Waals surface area contributed by atoms with Crippen LogP contribution in [0, 0.1) is 11.8 Å². The van der Waals surface area contributed by atoms with E-state index in [1.807, 2.05) is 6.07 Å². The molecule has 1 N–H and O–H groups in total. The lowest BCUT2D eigenvalue weighted by Gasteiger charge is -2.22. The smallest absolute Gasteiger partial charge is 0.0702 e. The highest BCUT2D eigenvalue weighted by atomic mass is 79.9. The lowest BCUT2D eigenvalue weighted by atomic mass is 10.0.